The zero-order valence-corrected chi connectivity index (χ0v) is 8.96. The summed E-state index contributed by atoms with van der Waals surface area (Å²) < 4.78 is 0.963. The Kier molecular flexibility index (Phi) is 1.95. The van der Waals surface area contributed by atoms with Crippen LogP contribution >= 0.6 is 15.9 Å². The maximum atomic E-state index is 4.19. The molecule has 68 valence electrons. The molecule has 13 heavy (non-hydrogen) atoms. The van der Waals surface area contributed by atoms with Crippen molar-refractivity contribution in [2.75, 3.05) is 19.0 Å². The Bertz CT molecular complexity index is 435. The van der Waals surface area contributed by atoms with Gasteiger partial charge >= 0.3 is 0 Å². The van der Waals surface area contributed by atoms with Gasteiger partial charge in [-0.15, -0.1) is 0 Å². The number of aromatic amines is 1. The Labute approximate surface area is 84.1 Å². The molecular weight excluding hydrogens is 232 g/mol. The number of aromatic nitrogens is 3. The normalized spacial score (nSPS) is 10.7. The molecule has 0 aliphatic heterocycles. The lowest BCUT2D eigenvalue weighted by atomic mass is 10.3. The Balaban J connectivity index is 2.71. The molecule has 5 heteroatoms. The van der Waals surface area contributed by atoms with E-state index in [0.29, 0.717) is 0 Å². The van der Waals surface area contributed by atoms with E-state index in [1.807, 2.05) is 25.1 Å². The van der Waals surface area contributed by atoms with E-state index >= 15 is 0 Å². The average Bonchev–Trinajstić information content (AvgIpc) is 2.46. The highest BCUT2D eigenvalue weighted by atomic mass is 79.9. The van der Waals surface area contributed by atoms with Crippen LogP contribution in [0.15, 0.2) is 16.7 Å². The average molecular weight is 241 g/mol. The van der Waals surface area contributed by atoms with Crippen molar-refractivity contribution in [3.8, 4) is 0 Å². The highest BCUT2D eigenvalue weighted by molar-refractivity contribution is 9.10. The van der Waals surface area contributed by atoms with Gasteiger partial charge in [-0.2, -0.15) is 5.10 Å². The standard InChI is InChI=1S/C8H9BrN4/c1-13(2)8-6-3-5(9)4-10-7(6)11-12-8/h3-4H,1-2H3,(H,10,11,12). The van der Waals surface area contributed by atoms with Gasteiger partial charge in [-0.05, 0) is 22.0 Å². The van der Waals surface area contributed by atoms with Crippen LogP contribution in [0.2, 0.25) is 0 Å². The lowest BCUT2D eigenvalue weighted by Crippen LogP contribution is -2.09. The van der Waals surface area contributed by atoms with E-state index in [9.17, 15) is 0 Å². The number of halogens is 1. The highest BCUT2D eigenvalue weighted by Crippen LogP contribution is 2.23. The van der Waals surface area contributed by atoms with Gasteiger partial charge in [-0.3, -0.25) is 5.10 Å². The second-order valence-corrected chi connectivity index (χ2v) is 3.91. The van der Waals surface area contributed by atoms with Crippen LogP contribution in [0.5, 0.6) is 0 Å². The second kappa shape index (κ2) is 2.99. The predicted octanol–water partition coefficient (Wildman–Crippen LogP) is 1.79. The molecule has 0 amide bonds. The summed E-state index contributed by atoms with van der Waals surface area (Å²) in [4.78, 5) is 6.14. The number of rotatable bonds is 1. The van der Waals surface area contributed by atoms with Crippen LogP contribution in [0, 0.1) is 0 Å². The monoisotopic (exact) mass is 240 g/mol. The zero-order valence-electron chi connectivity index (χ0n) is 7.37. The molecule has 1 N–H and O–H groups in total. The summed E-state index contributed by atoms with van der Waals surface area (Å²) in [5, 5.41) is 8.05. The molecule has 2 aromatic heterocycles. The number of pyridine rings is 1. The molecule has 0 aromatic carbocycles. The van der Waals surface area contributed by atoms with Crippen LogP contribution in [0.4, 0.5) is 5.82 Å². The summed E-state index contributed by atoms with van der Waals surface area (Å²) in [6, 6.07) is 2.00. The fourth-order valence-electron chi connectivity index (χ4n) is 1.21. The first-order valence-electron chi connectivity index (χ1n) is 3.85. The number of hydrogen-bond acceptors (Lipinski definition) is 3. The molecule has 0 aliphatic carbocycles. The molecule has 0 radical (unpaired) electrons. The van der Waals surface area contributed by atoms with E-state index in [0.717, 1.165) is 21.3 Å². The minimum Gasteiger partial charge on any atom is -0.361 e. The first kappa shape index (κ1) is 8.50. The Morgan fingerprint density at radius 1 is 1.46 bits per heavy atom. The molecule has 2 heterocycles. The number of fused-ring (bicyclic) bond motifs is 1. The maximum absolute atomic E-state index is 4.19. The number of hydrogen-bond donors (Lipinski definition) is 1. The van der Waals surface area contributed by atoms with E-state index in [1.165, 1.54) is 0 Å². The third-order valence-electron chi connectivity index (χ3n) is 1.79. The number of nitrogens with one attached hydrogen (secondary N) is 1. The second-order valence-electron chi connectivity index (χ2n) is 2.99. The smallest absolute Gasteiger partial charge is 0.159 e. The zero-order chi connectivity index (χ0) is 9.42. The summed E-state index contributed by atoms with van der Waals surface area (Å²) in [7, 11) is 3.91. The summed E-state index contributed by atoms with van der Waals surface area (Å²) in [6.45, 7) is 0. The van der Waals surface area contributed by atoms with Gasteiger partial charge in [-0.25, -0.2) is 4.98 Å². The van der Waals surface area contributed by atoms with E-state index in [1.54, 1.807) is 6.20 Å². The van der Waals surface area contributed by atoms with Gasteiger partial charge in [0.05, 0.1) is 5.39 Å². The third-order valence-corrected chi connectivity index (χ3v) is 2.22. The van der Waals surface area contributed by atoms with Crippen molar-refractivity contribution in [2.24, 2.45) is 0 Å². The van der Waals surface area contributed by atoms with Gasteiger partial charge in [0.25, 0.3) is 0 Å². The number of H-pyrrole nitrogens is 1. The van der Waals surface area contributed by atoms with Crippen molar-refractivity contribution in [3.63, 3.8) is 0 Å². The fourth-order valence-corrected chi connectivity index (χ4v) is 1.54. The summed E-state index contributed by atoms with van der Waals surface area (Å²) in [5.74, 6) is 0.906. The molecule has 0 aliphatic rings. The molecule has 2 rings (SSSR count). The summed E-state index contributed by atoms with van der Waals surface area (Å²) >= 11 is 3.38. The van der Waals surface area contributed by atoms with Crippen molar-refractivity contribution in [2.45, 2.75) is 0 Å². The molecule has 4 nitrogen and oxygen atoms in total. The van der Waals surface area contributed by atoms with Gasteiger partial charge in [-0.1, -0.05) is 0 Å². The van der Waals surface area contributed by atoms with Crippen molar-refractivity contribution in [1.29, 1.82) is 0 Å². The topological polar surface area (TPSA) is 44.8 Å². The van der Waals surface area contributed by atoms with Gasteiger partial charge in [0.2, 0.25) is 0 Å². The van der Waals surface area contributed by atoms with Crippen LogP contribution in [-0.4, -0.2) is 29.3 Å². The van der Waals surface area contributed by atoms with Crippen LogP contribution in [0.25, 0.3) is 11.0 Å². The minimum absolute atomic E-state index is 0.812. The SMILES string of the molecule is CN(C)c1n[nH]c2ncc(Br)cc12. The molecule has 2 aromatic rings. The quantitative estimate of drug-likeness (QED) is 0.827. The maximum Gasteiger partial charge on any atom is 0.159 e. The summed E-state index contributed by atoms with van der Waals surface area (Å²) in [6.07, 6.45) is 1.75. The van der Waals surface area contributed by atoms with Crippen LogP contribution < -0.4 is 4.90 Å². The van der Waals surface area contributed by atoms with Crippen molar-refractivity contribution < 1.29 is 0 Å². The van der Waals surface area contributed by atoms with Crippen molar-refractivity contribution in [3.05, 3.63) is 16.7 Å². The highest BCUT2D eigenvalue weighted by Gasteiger charge is 2.07. The van der Waals surface area contributed by atoms with Gasteiger partial charge in [0.1, 0.15) is 0 Å². The molecular formula is C8H9BrN4. The molecule has 0 atom stereocenters. The van der Waals surface area contributed by atoms with E-state index < -0.39 is 0 Å². The number of anilines is 1. The molecule has 0 fully saturated rings. The lowest BCUT2D eigenvalue weighted by molar-refractivity contribution is 1.02. The van der Waals surface area contributed by atoms with Crippen LogP contribution in [0.3, 0.4) is 0 Å². The Hall–Kier alpha value is -1.10. The van der Waals surface area contributed by atoms with Crippen molar-refractivity contribution >= 4 is 32.8 Å². The van der Waals surface area contributed by atoms with Crippen molar-refractivity contribution in [1.82, 2.24) is 15.2 Å². The van der Waals surface area contributed by atoms with Crippen LogP contribution in [0.1, 0.15) is 0 Å². The predicted molar refractivity (Wildman–Crippen MR) is 55.9 cm³/mol. The molecule has 0 saturated heterocycles. The van der Waals surface area contributed by atoms with Gasteiger partial charge in [0.15, 0.2) is 11.5 Å². The fraction of sp³-hybridized carbons (Fsp3) is 0.250. The van der Waals surface area contributed by atoms with Gasteiger partial charge in [0, 0.05) is 24.8 Å². The van der Waals surface area contributed by atoms with Gasteiger partial charge < -0.3 is 4.90 Å². The Morgan fingerprint density at radius 2 is 2.23 bits per heavy atom. The molecule has 0 saturated carbocycles. The first-order chi connectivity index (χ1) is 6.18. The lowest BCUT2D eigenvalue weighted by Gasteiger charge is -2.07. The van der Waals surface area contributed by atoms with E-state index in [2.05, 4.69) is 31.1 Å². The summed E-state index contributed by atoms with van der Waals surface area (Å²) in [5.41, 5.74) is 0.812. The van der Waals surface area contributed by atoms with E-state index in [-0.39, 0.29) is 0 Å². The third kappa shape index (κ3) is 1.39. The minimum atomic E-state index is 0.812. The van der Waals surface area contributed by atoms with Crippen LogP contribution in [-0.2, 0) is 0 Å². The largest absolute Gasteiger partial charge is 0.361 e. The van der Waals surface area contributed by atoms with E-state index in [4.69, 9.17) is 0 Å². The first-order valence-corrected chi connectivity index (χ1v) is 4.65. The molecule has 0 unspecified atom stereocenters. The molecule has 0 spiro atoms. The number of nitrogens with zero attached hydrogens (tertiary/aromatic N) is 3. The molecule has 0 bridgehead atoms. The Morgan fingerprint density at radius 3 is 2.92 bits per heavy atom.